The molecule has 0 heterocycles. The van der Waals surface area contributed by atoms with Crippen LogP contribution in [0.25, 0.3) is 0 Å². The zero-order valence-electron chi connectivity index (χ0n) is 11.8. The number of hydrogen-bond acceptors (Lipinski definition) is 3. The summed E-state index contributed by atoms with van der Waals surface area (Å²) in [5, 5.41) is 10.5. The minimum atomic E-state index is -3.83. The molecular weight excluding hydrogens is 345 g/mol. The summed E-state index contributed by atoms with van der Waals surface area (Å²) < 4.78 is 27.0. The van der Waals surface area contributed by atoms with E-state index in [1.165, 1.54) is 12.1 Å². The first kappa shape index (κ1) is 17.2. The molecule has 0 aromatic heterocycles. The summed E-state index contributed by atoms with van der Waals surface area (Å²) in [4.78, 5) is -0.0590. The van der Waals surface area contributed by atoms with Gasteiger partial charge in [0.05, 0.1) is 11.1 Å². The molecule has 0 bridgehead atoms. The minimum absolute atomic E-state index is 0.0392. The lowest BCUT2D eigenvalue weighted by Crippen LogP contribution is -2.28. The van der Waals surface area contributed by atoms with Crippen molar-refractivity contribution in [1.82, 2.24) is 4.72 Å². The minimum Gasteiger partial charge on any atom is -0.387 e. The maximum Gasteiger partial charge on any atom is 0.242 e. The molecule has 0 radical (unpaired) electrons. The second kappa shape index (κ2) is 6.98. The average Bonchev–Trinajstić information content (AvgIpc) is 2.49. The van der Waals surface area contributed by atoms with Gasteiger partial charge in [0.1, 0.15) is 4.90 Å². The van der Waals surface area contributed by atoms with Crippen LogP contribution in [0, 0.1) is 6.92 Å². The fourth-order valence-electron chi connectivity index (χ4n) is 1.90. The van der Waals surface area contributed by atoms with Crippen LogP contribution >= 0.6 is 23.2 Å². The fourth-order valence-corrected chi connectivity index (χ4v) is 3.76. The first-order valence-corrected chi connectivity index (χ1v) is 8.73. The number of hydrogen-bond donors (Lipinski definition) is 2. The van der Waals surface area contributed by atoms with Crippen LogP contribution in [0.3, 0.4) is 0 Å². The van der Waals surface area contributed by atoms with E-state index < -0.39 is 16.1 Å². The Bertz CT molecular complexity index is 764. The molecule has 7 heteroatoms. The van der Waals surface area contributed by atoms with Crippen LogP contribution < -0.4 is 4.72 Å². The Balaban J connectivity index is 2.17. The van der Waals surface area contributed by atoms with Crippen LogP contribution in [0.4, 0.5) is 0 Å². The third-order valence-corrected chi connectivity index (χ3v) is 5.45. The van der Waals surface area contributed by atoms with Gasteiger partial charge in [-0.1, -0.05) is 53.5 Å². The number of nitrogens with one attached hydrogen (secondary N) is 1. The van der Waals surface area contributed by atoms with E-state index in [-0.39, 0.29) is 16.5 Å². The molecule has 0 saturated heterocycles. The van der Waals surface area contributed by atoms with Gasteiger partial charge in [-0.2, -0.15) is 0 Å². The number of benzene rings is 2. The number of sulfonamides is 1. The normalized spacial score (nSPS) is 13.1. The van der Waals surface area contributed by atoms with Gasteiger partial charge in [0.2, 0.25) is 10.0 Å². The summed E-state index contributed by atoms with van der Waals surface area (Å²) in [6.07, 6.45) is -0.942. The molecule has 0 saturated carbocycles. The highest BCUT2D eigenvalue weighted by atomic mass is 35.5. The Kier molecular flexibility index (Phi) is 5.47. The summed E-state index contributed by atoms with van der Waals surface area (Å²) in [6.45, 7) is 1.54. The first-order chi connectivity index (χ1) is 10.3. The molecule has 0 fully saturated rings. The molecule has 2 rings (SSSR count). The van der Waals surface area contributed by atoms with Gasteiger partial charge in [0, 0.05) is 11.6 Å². The van der Waals surface area contributed by atoms with Gasteiger partial charge in [0.25, 0.3) is 0 Å². The molecule has 22 heavy (non-hydrogen) atoms. The maximum absolute atomic E-state index is 12.3. The first-order valence-electron chi connectivity index (χ1n) is 6.49. The van der Waals surface area contributed by atoms with E-state index in [9.17, 15) is 13.5 Å². The van der Waals surface area contributed by atoms with Gasteiger partial charge in [-0.15, -0.1) is 0 Å². The third-order valence-electron chi connectivity index (χ3n) is 3.15. The number of aliphatic hydroxyl groups excluding tert-OH is 1. The zero-order valence-corrected chi connectivity index (χ0v) is 14.1. The molecular formula is C15H15Cl2NO3S. The molecule has 0 aliphatic carbocycles. The largest absolute Gasteiger partial charge is 0.387 e. The molecule has 2 aromatic rings. The third kappa shape index (κ3) is 4.00. The van der Waals surface area contributed by atoms with Crippen molar-refractivity contribution < 1.29 is 13.5 Å². The zero-order chi connectivity index (χ0) is 16.3. The van der Waals surface area contributed by atoms with E-state index >= 15 is 0 Å². The predicted molar refractivity (Wildman–Crippen MR) is 87.8 cm³/mol. The van der Waals surface area contributed by atoms with Crippen LogP contribution in [0.15, 0.2) is 47.4 Å². The summed E-state index contributed by atoms with van der Waals surface area (Å²) in [5.74, 6) is 0. The number of rotatable bonds is 5. The SMILES string of the molecule is Cc1cc(S(=O)(=O)NCC(O)c2ccccc2)c(Cl)cc1Cl. The molecule has 0 aliphatic rings. The van der Waals surface area contributed by atoms with Gasteiger partial charge < -0.3 is 5.11 Å². The topological polar surface area (TPSA) is 66.4 Å². The molecule has 2 aromatic carbocycles. The summed E-state index contributed by atoms with van der Waals surface area (Å²) in [6, 6.07) is 11.6. The van der Waals surface area contributed by atoms with E-state index in [4.69, 9.17) is 23.2 Å². The molecule has 0 amide bonds. The summed E-state index contributed by atoms with van der Waals surface area (Å²) in [5.41, 5.74) is 1.23. The van der Waals surface area contributed by atoms with E-state index in [1.807, 2.05) is 6.07 Å². The van der Waals surface area contributed by atoms with Crippen molar-refractivity contribution in [3.63, 3.8) is 0 Å². The van der Waals surface area contributed by atoms with Crippen molar-refractivity contribution in [2.24, 2.45) is 0 Å². The Morgan fingerprint density at radius 2 is 1.77 bits per heavy atom. The highest BCUT2D eigenvalue weighted by Gasteiger charge is 2.20. The van der Waals surface area contributed by atoms with Gasteiger partial charge in [0.15, 0.2) is 0 Å². The Labute approximate surface area is 139 Å². The lowest BCUT2D eigenvalue weighted by atomic mass is 10.1. The van der Waals surface area contributed by atoms with Crippen molar-refractivity contribution in [3.8, 4) is 0 Å². The monoisotopic (exact) mass is 359 g/mol. The van der Waals surface area contributed by atoms with Gasteiger partial charge in [-0.05, 0) is 30.2 Å². The fraction of sp³-hybridized carbons (Fsp3) is 0.200. The summed E-state index contributed by atoms with van der Waals surface area (Å²) in [7, 11) is -3.83. The molecule has 0 spiro atoms. The Morgan fingerprint density at radius 3 is 2.41 bits per heavy atom. The molecule has 2 N–H and O–H groups in total. The Morgan fingerprint density at radius 1 is 1.14 bits per heavy atom. The van der Waals surface area contributed by atoms with Crippen LogP contribution in [0.1, 0.15) is 17.2 Å². The van der Waals surface area contributed by atoms with Crippen LogP contribution in [-0.2, 0) is 10.0 Å². The lowest BCUT2D eigenvalue weighted by molar-refractivity contribution is 0.182. The number of aliphatic hydroxyl groups is 1. The van der Waals surface area contributed by atoms with Gasteiger partial charge in [-0.25, -0.2) is 13.1 Å². The van der Waals surface area contributed by atoms with E-state index in [0.29, 0.717) is 16.1 Å². The van der Waals surface area contributed by atoms with Crippen molar-refractivity contribution in [2.45, 2.75) is 17.9 Å². The van der Waals surface area contributed by atoms with E-state index in [0.717, 1.165) is 0 Å². The van der Waals surface area contributed by atoms with Crippen molar-refractivity contribution in [3.05, 3.63) is 63.6 Å². The average molecular weight is 360 g/mol. The predicted octanol–water partition coefficient (Wildman–Crippen LogP) is 3.31. The molecule has 118 valence electrons. The molecule has 0 aliphatic heterocycles. The van der Waals surface area contributed by atoms with Crippen molar-refractivity contribution in [2.75, 3.05) is 6.54 Å². The van der Waals surface area contributed by atoms with Crippen LogP contribution in [0.5, 0.6) is 0 Å². The van der Waals surface area contributed by atoms with E-state index in [1.54, 1.807) is 31.2 Å². The molecule has 1 atom stereocenters. The van der Waals surface area contributed by atoms with Crippen LogP contribution in [0.2, 0.25) is 10.0 Å². The Hall–Kier alpha value is -1.11. The smallest absolute Gasteiger partial charge is 0.242 e. The highest BCUT2D eigenvalue weighted by molar-refractivity contribution is 7.89. The standard InChI is InChI=1S/C15H15Cl2NO3S/c1-10-7-15(13(17)8-12(10)16)22(20,21)18-9-14(19)11-5-3-2-4-6-11/h2-8,14,18-19H,9H2,1H3. The van der Waals surface area contributed by atoms with Crippen molar-refractivity contribution in [1.29, 1.82) is 0 Å². The number of halogens is 2. The summed E-state index contributed by atoms with van der Waals surface area (Å²) >= 11 is 11.9. The lowest BCUT2D eigenvalue weighted by Gasteiger charge is -2.14. The van der Waals surface area contributed by atoms with Gasteiger partial charge >= 0.3 is 0 Å². The highest BCUT2D eigenvalue weighted by Crippen LogP contribution is 2.28. The van der Waals surface area contributed by atoms with E-state index in [2.05, 4.69) is 4.72 Å². The van der Waals surface area contributed by atoms with Gasteiger partial charge in [-0.3, -0.25) is 0 Å². The quantitative estimate of drug-likeness (QED) is 0.860. The second-order valence-electron chi connectivity index (χ2n) is 4.81. The molecule has 1 unspecified atom stereocenters. The molecule has 4 nitrogen and oxygen atoms in total. The second-order valence-corrected chi connectivity index (χ2v) is 7.36. The maximum atomic E-state index is 12.3. The van der Waals surface area contributed by atoms with Crippen LogP contribution in [-0.4, -0.2) is 20.1 Å². The number of aryl methyl sites for hydroxylation is 1. The van der Waals surface area contributed by atoms with Crippen molar-refractivity contribution >= 4 is 33.2 Å².